The van der Waals surface area contributed by atoms with Crippen LogP contribution in [0, 0.1) is 0 Å². The highest BCUT2D eigenvalue weighted by atomic mass is 32.2. The lowest BCUT2D eigenvalue weighted by Crippen LogP contribution is -2.38. The molecule has 2 unspecified atom stereocenters. The van der Waals surface area contributed by atoms with Crippen molar-refractivity contribution in [3.8, 4) is 0 Å². The third-order valence-corrected chi connectivity index (χ3v) is 6.83. The van der Waals surface area contributed by atoms with Crippen molar-refractivity contribution in [1.29, 1.82) is 0 Å². The van der Waals surface area contributed by atoms with Crippen LogP contribution < -0.4 is 0 Å². The van der Waals surface area contributed by atoms with Crippen molar-refractivity contribution < 1.29 is 4.21 Å². The number of rotatable bonds is 7. The Morgan fingerprint density at radius 2 is 1.27 bits per heavy atom. The number of benzene rings is 3. The van der Waals surface area contributed by atoms with Crippen LogP contribution in [0.4, 0.5) is 0 Å². The van der Waals surface area contributed by atoms with Crippen LogP contribution in [0.25, 0.3) is 0 Å². The van der Waals surface area contributed by atoms with Gasteiger partial charge in [-0.1, -0.05) is 97.9 Å². The summed E-state index contributed by atoms with van der Waals surface area (Å²) in [6.07, 6.45) is 4.22. The van der Waals surface area contributed by atoms with Gasteiger partial charge in [0.25, 0.3) is 0 Å². The van der Waals surface area contributed by atoms with E-state index in [1.807, 2.05) is 66.2 Å². The summed E-state index contributed by atoms with van der Waals surface area (Å²) in [5, 5.41) is 4.73. The molecule has 4 aromatic rings. The van der Waals surface area contributed by atoms with E-state index in [2.05, 4.69) is 41.4 Å². The van der Waals surface area contributed by atoms with E-state index in [1.54, 1.807) is 12.6 Å². The molecule has 0 aliphatic heterocycles. The molecule has 0 N–H and O–H groups in total. The summed E-state index contributed by atoms with van der Waals surface area (Å²) in [6, 6.07) is 31.1. The minimum atomic E-state index is -1.04. The second-order valence-corrected chi connectivity index (χ2v) is 8.82. The molecule has 4 rings (SSSR count). The SMILES string of the molecule is CCC(c1ncn(C(c2ccccc2)(c2ccccc2)c2ccccc2)n1)S(C)=O. The molecule has 0 spiro atoms. The van der Waals surface area contributed by atoms with E-state index < -0.39 is 16.3 Å². The first-order valence-corrected chi connectivity index (χ1v) is 11.7. The average molecular weight is 416 g/mol. The predicted molar refractivity (Wildman–Crippen MR) is 122 cm³/mol. The van der Waals surface area contributed by atoms with Gasteiger partial charge in [-0.2, -0.15) is 5.10 Å². The third-order valence-electron chi connectivity index (χ3n) is 5.49. The predicted octanol–water partition coefficient (Wildman–Crippen LogP) is 4.95. The minimum absolute atomic E-state index is 0.189. The van der Waals surface area contributed by atoms with Crippen LogP contribution in [-0.4, -0.2) is 25.2 Å². The van der Waals surface area contributed by atoms with E-state index in [0.29, 0.717) is 5.82 Å². The largest absolute Gasteiger partial charge is 0.259 e. The van der Waals surface area contributed by atoms with E-state index >= 15 is 0 Å². The molecular formula is C25H25N3OS. The quantitative estimate of drug-likeness (QED) is 0.401. The molecular weight excluding hydrogens is 390 g/mol. The maximum absolute atomic E-state index is 12.3. The first-order valence-electron chi connectivity index (χ1n) is 10.1. The topological polar surface area (TPSA) is 47.8 Å². The van der Waals surface area contributed by atoms with Gasteiger partial charge in [0, 0.05) is 17.1 Å². The molecule has 30 heavy (non-hydrogen) atoms. The molecule has 0 saturated heterocycles. The van der Waals surface area contributed by atoms with E-state index in [1.165, 1.54) is 0 Å². The summed E-state index contributed by atoms with van der Waals surface area (Å²) >= 11 is 0. The van der Waals surface area contributed by atoms with Gasteiger partial charge >= 0.3 is 0 Å². The van der Waals surface area contributed by atoms with Crippen molar-refractivity contribution in [3.63, 3.8) is 0 Å². The molecule has 0 bridgehead atoms. The standard InChI is InChI=1S/C25H25N3OS/c1-3-23(30(2)29)24-26-19-28(27-24)25(20-13-7-4-8-14-20,21-15-9-5-10-16-21)22-17-11-6-12-18-22/h4-19,23H,3H2,1-2H3. The highest BCUT2D eigenvalue weighted by molar-refractivity contribution is 7.84. The molecule has 5 heteroatoms. The zero-order chi connectivity index (χ0) is 21.0. The van der Waals surface area contributed by atoms with Gasteiger partial charge in [-0.05, 0) is 23.1 Å². The molecule has 0 fully saturated rings. The van der Waals surface area contributed by atoms with Gasteiger partial charge in [-0.15, -0.1) is 0 Å². The van der Waals surface area contributed by atoms with Gasteiger partial charge in [0.2, 0.25) is 0 Å². The Morgan fingerprint density at radius 3 is 1.63 bits per heavy atom. The van der Waals surface area contributed by atoms with Crippen LogP contribution >= 0.6 is 0 Å². The van der Waals surface area contributed by atoms with Crippen LogP contribution in [-0.2, 0) is 16.3 Å². The van der Waals surface area contributed by atoms with E-state index in [0.717, 1.165) is 23.1 Å². The second kappa shape index (κ2) is 8.76. The van der Waals surface area contributed by atoms with Crippen molar-refractivity contribution in [2.24, 2.45) is 0 Å². The molecule has 0 aliphatic carbocycles. The Kier molecular flexibility index (Phi) is 5.91. The molecule has 0 amide bonds. The summed E-state index contributed by atoms with van der Waals surface area (Å²) in [4.78, 5) is 4.61. The fourth-order valence-corrected chi connectivity index (χ4v) is 4.96. The van der Waals surface area contributed by atoms with Crippen molar-refractivity contribution in [2.45, 2.75) is 24.1 Å². The first-order chi connectivity index (χ1) is 14.7. The maximum atomic E-state index is 12.3. The monoisotopic (exact) mass is 415 g/mol. The van der Waals surface area contributed by atoms with Crippen LogP contribution in [0.2, 0.25) is 0 Å². The molecule has 3 aromatic carbocycles. The van der Waals surface area contributed by atoms with E-state index in [4.69, 9.17) is 5.10 Å². The summed E-state index contributed by atoms with van der Waals surface area (Å²) < 4.78 is 14.2. The maximum Gasteiger partial charge on any atom is 0.166 e. The van der Waals surface area contributed by atoms with Crippen molar-refractivity contribution in [1.82, 2.24) is 14.8 Å². The summed E-state index contributed by atoms with van der Waals surface area (Å²) in [5.74, 6) is 0.616. The molecule has 1 heterocycles. The molecule has 4 nitrogen and oxygen atoms in total. The summed E-state index contributed by atoms with van der Waals surface area (Å²) in [7, 11) is -1.04. The Hall–Kier alpha value is -3.05. The van der Waals surface area contributed by atoms with Crippen LogP contribution in [0.15, 0.2) is 97.3 Å². The van der Waals surface area contributed by atoms with E-state index in [-0.39, 0.29) is 5.25 Å². The summed E-state index contributed by atoms with van der Waals surface area (Å²) in [6.45, 7) is 2.02. The Labute approximate surface area is 180 Å². The minimum Gasteiger partial charge on any atom is -0.259 e. The smallest absolute Gasteiger partial charge is 0.166 e. The lowest BCUT2D eigenvalue weighted by atomic mass is 9.77. The molecule has 0 radical (unpaired) electrons. The molecule has 2 atom stereocenters. The number of hydrogen-bond acceptors (Lipinski definition) is 3. The number of hydrogen-bond donors (Lipinski definition) is 0. The van der Waals surface area contributed by atoms with Gasteiger partial charge < -0.3 is 0 Å². The van der Waals surface area contributed by atoms with Crippen molar-refractivity contribution in [3.05, 3.63) is 120 Å². The fraction of sp³-hybridized carbons (Fsp3) is 0.200. The Morgan fingerprint density at radius 1 is 0.833 bits per heavy atom. The van der Waals surface area contributed by atoms with E-state index in [9.17, 15) is 4.21 Å². The molecule has 0 aliphatic rings. The Bertz CT molecular complexity index is 1010. The highest BCUT2D eigenvalue weighted by Gasteiger charge is 2.40. The van der Waals surface area contributed by atoms with Gasteiger partial charge in [-0.25, -0.2) is 9.67 Å². The third kappa shape index (κ3) is 3.50. The lowest BCUT2D eigenvalue weighted by molar-refractivity contribution is 0.454. The van der Waals surface area contributed by atoms with Crippen LogP contribution in [0.3, 0.4) is 0 Å². The second-order valence-electron chi connectivity index (χ2n) is 7.25. The van der Waals surface area contributed by atoms with Crippen LogP contribution in [0.5, 0.6) is 0 Å². The van der Waals surface area contributed by atoms with Gasteiger partial charge in [0.05, 0.1) is 5.25 Å². The highest BCUT2D eigenvalue weighted by Crippen LogP contribution is 2.40. The van der Waals surface area contributed by atoms with Gasteiger partial charge in [0.1, 0.15) is 11.9 Å². The number of aromatic nitrogens is 3. The molecule has 0 saturated carbocycles. The fourth-order valence-electron chi connectivity index (χ4n) is 4.09. The Balaban J connectivity index is 2.04. The zero-order valence-corrected chi connectivity index (χ0v) is 18.0. The summed E-state index contributed by atoms with van der Waals surface area (Å²) in [5.41, 5.74) is 2.57. The zero-order valence-electron chi connectivity index (χ0n) is 17.2. The number of nitrogens with zero attached hydrogens (tertiary/aromatic N) is 3. The van der Waals surface area contributed by atoms with Crippen molar-refractivity contribution >= 4 is 10.8 Å². The normalized spacial score (nSPS) is 13.7. The molecule has 1 aromatic heterocycles. The lowest BCUT2D eigenvalue weighted by Gasteiger charge is -2.35. The molecule has 152 valence electrons. The van der Waals surface area contributed by atoms with Gasteiger partial charge in [-0.3, -0.25) is 4.21 Å². The van der Waals surface area contributed by atoms with Crippen molar-refractivity contribution in [2.75, 3.05) is 6.26 Å². The average Bonchev–Trinajstić information content (AvgIpc) is 3.27. The van der Waals surface area contributed by atoms with Crippen LogP contribution in [0.1, 0.15) is 41.1 Å². The first kappa shape index (κ1) is 20.2. The van der Waals surface area contributed by atoms with Gasteiger partial charge in [0.15, 0.2) is 5.82 Å².